The van der Waals surface area contributed by atoms with Crippen LogP contribution in [-0.2, 0) is 6.54 Å². The van der Waals surface area contributed by atoms with Crippen molar-refractivity contribution in [1.82, 2.24) is 5.32 Å². The van der Waals surface area contributed by atoms with E-state index in [1.54, 1.807) is 0 Å². The van der Waals surface area contributed by atoms with Crippen LogP contribution in [0.1, 0.15) is 18.4 Å². The van der Waals surface area contributed by atoms with E-state index in [1.165, 1.54) is 18.4 Å². The van der Waals surface area contributed by atoms with Gasteiger partial charge in [-0.25, -0.2) is 0 Å². The van der Waals surface area contributed by atoms with Gasteiger partial charge in [0, 0.05) is 21.5 Å². The molecule has 1 fully saturated rings. The second kappa shape index (κ2) is 4.11. The molecule has 0 unspecified atom stereocenters. The molecule has 1 aromatic rings. The third-order valence-electron chi connectivity index (χ3n) is 2.16. The van der Waals surface area contributed by atoms with Crippen molar-refractivity contribution in [1.29, 1.82) is 0 Å². The first-order valence-corrected chi connectivity index (χ1v) is 6.01. The van der Waals surface area contributed by atoms with Crippen molar-refractivity contribution in [3.8, 4) is 0 Å². The lowest BCUT2D eigenvalue weighted by atomic mass is 10.2. The first-order valence-electron chi connectivity index (χ1n) is 4.43. The van der Waals surface area contributed by atoms with Crippen molar-refractivity contribution >= 4 is 31.9 Å². The number of hydrogen-bond donors (Lipinski definition) is 1. The lowest BCUT2D eigenvalue weighted by molar-refractivity contribution is 0.687. The molecule has 0 bridgehead atoms. The van der Waals surface area contributed by atoms with E-state index in [4.69, 9.17) is 0 Å². The second-order valence-electron chi connectivity index (χ2n) is 3.40. The Morgan fingerprint density at radius 3 is 2.62 bits per heavy atom. The molecular weight excluding hydrogens is 294 g/mol. The highest BCUT2D eigenvalue weighted by molar-refractivity contribution is 9.13. The van der Waals surface area contributed by atoms with Crippen molar-refractivity contribution in [3.63, 3.8) is 0 Å². The van der Waals surface area contributed by atoms with Gasteiger partial charge in [0.05, 0.1) is 0 Å². The number of rotatable bonds is 3. The summed E-state index contributed by atoms with van der Waals surface area (Å²) in [5, 5.41) is 3.48. The van der Waals surface area contributed by atoms with Crippen LogP contribution in [0.5, 0.6) is 0 Å². The van der Waals surface area contributed by atoms with E-state index in [9.17, 15) is 0 Å². The Bertz CT molecular complexity index is 308. The molecule has 0 aromatic heterocycles. The average Bonchev–Trinajstić information content (AvgIpc) is 2.91. The SMILES string of the molecule is Brc1ccc(CNC2CC2)cc1Br. The molecule has 2 rings (SSSR count). The van der Waals surface area contributed by atoms with Crippen LogP contribution in [0.3, 0.4) is 0 Å². The van der Waals surface area contributed by atoms with E-state index >= 15 is 0 Å². The van der Waals surface area contributed by atoms with Crippen LogP contribution in [0, 0.1) is 0 Å². The molecule has 1 N–H and O–H groups in total. The number of benzene rings is 1. The van der Waals surface area contributed by atoms with Gasteiger partial charge < -0.3 is 5.32 Å². The quantitative estimate of drug-likeness (QED) is 0.902. The maximum atomic E-state index is 3.49. The van der Waals surface area contributed by atoms with Gasteiger partial charge in [-0.1, -0.05) is 6.07 Å². The summed E-state index contributed by atoms with van der Waals surface area (Å²) in [7, 11) is 0. The average molecular weight is 305 g/mol. The van der Waals surface area contributed by atoms with Crippen molar-refractivity contribution in [2.75, 3.05) is 0 Å². The van der Waals surface area contributed by atoms with Gasteiger partial charge in [-0.3, -0.25) is 0 Å². The molecule has 0 aliphatic heterocycles. The third-order valence-corrected chi connectivity index (χ3v) is 4.04. The van der Waals surface area contributed by atoms with Crippen LogP contribution >= 0.6 is 31.9 Å². The van der Waals surface area contributed by atoms with Gasteiger partial charge >= 0.3 is 0 Å². The van der Waals surface area contributed by atoms with Crippen LogP contribution < -0.4 is 5.32 Å². The zero-order valence-electron chi connectivity index (χ0n) is 7.19. The zero-order valence-corrected chi connectivity index (χ0v) is 10.4. The molecule has 1 aromatic carbocycles. The molecule has 1 aliphatic carbocycles. The maximum Gasteiger partial charge on any atom is 0.0320 e. The zero-order chi connectivity index (χ0) is 9.26. The van der Waals surface area contributed by atoms with Crippen molar-refractivity contribution in [2.24, 2.45) is 0 Å². The molecule has 1 saturated carbocycles. The van der Waals surface area contributed by atoms with Gasteiger partial charge in [0.15, 0.2) is 0 Å². The summed E-state index contributed by atoms with van der Waals surface area (Å²) in [5.74, 6) is 0. The molecule has 1 aliphatic rings. The van der Waals surface area contributed by atoms with E-state index in [0.717, 1.165) is 21.5 Å². The Hall–Kier alpha value is 0.140. The largest absolute Gasteiger partial charge is 0.310 e. The minimum atomic E-state index is 0.780. The van der Waals surface area contributed by atoms with Crippen LogP contribution in [-0.4, -0.2) is 6.04 Å². The summed E-state index contributed by atoms with van der Waals surface area (Å²) < 4.78 is 2.24. The van der Waals surface area contributed by atoms with Crippen LogP contribution in [0.2, 0.25) is 0 Å². The van der Waals surface area contributed by atoms with Gasteiger partial charge in [-0.15, -0.1) is 0 Å². The first kappa shape index (κ1) is 9.69. The fraction of sp³-hybridized carbons (Fsp3) is 0.400. The predicted octanol–water partition coefficient (Wildman–Crippen LogP) is 3.46. The van der Waals surface area contributed by atoms with Crippen molar-refractivity contribution in [2.45, 2.75) is 25.4 Å². The molecule has 0 spiro atoms. The Labute approximate surface area is 95.2 Å². The van der Waals surface area contributed by atoms with Crippen LogP contribution in [0.4, 0.5) is 0 Å². The van der Waals surface area contributed by atoms with Gasteiger partial charge in [0.2, 0.25) is 0 Å². The smallest absolute Gasteiger partial charge is 0.0320 e. The maximum absolute atomic E-state index is 3.49. The number of hydrogen-bond acceptors (Lipinski definition) is 1. The lowest BCUT2D eigenvalue weighted by Crippen LogP contribution is -2.15. The molecule has 70 valence electrons. The summed E-state index contributed by atoms with van der Waals surface area (Å²) >= 11 is 6.95. The highest BCUT2D eigenvalue weighted by Crippen LogP contribution is 2.24. The number of halogens is 2. The van der Waals surface area contributed by atoms with E-state index < -0.39 is 0 Å². The molecule has 0 amide bonds. The fourth-order valence-corrected chi connectivity index (χ4v) is 1.87. The van der Waals surface area contributed by atoms with E-state index in [-0.39, 0.29) is 0 Å². The van der Waals surface area contributed by atoms with Gasteiger partial charge in [-0.2, -0.15) is 0 Å². The number of nitrogens with one attached hydrogen (secondary N) is 1. The Kier molecular flexibility index (Phi) is 3.06. The molecule has 0 radical (unpaired) electrons. The van der Waals surface area contributed by atoms with Crippen LogP contribution in [0.15, 0.2) is 27.1 Å². The van der Waals surface area contributed by atoms with Gasteiger partial charge in [0.25, 0.3) is 0 Å². The monoisotopic (exact) mass is 303 g/mol. The van der Waals surface area contributed by atoms with E-state index in [1.807, 2.05) is 0 Å². The summed E-state index contributed by atoms with van der Waals surface area (Å²) in [6.45, 7) is 0.983. The van der Waals surface area contributed by atoms with E-state index in [2.05, 4.69) is 55.4 Å². The third kappa shape index (κ3) is 2.79. The summed E-state index contributed by atoms with van der Waals surface area (Å²) in [5.41, 5.74) is 1.34. The Morgan fingerprint density at radius 1 is 1.23 bits per heavy atom. The van der Waals surface area contributed by atoms with Gasteiger partial charge in [-0.05, 0) is 62.4 Å². The van der Waals surface area contributed by atoms with E-state index in [0.29, 0.717) is 0 Å². The Balaban J connectivity index is 1.98. The molecular formula is C10H11Br2N. The Morgan fingerprint density at radius 2 is 2.00 bits per heavy atom. The van der Waals surface area contributed by atoms with Gasteiger partial charge in [0.1, 0.15) is 0 Å². The molecule has 3 heteroatoms. The standard InChI is InChI=1S/C10H11Br2N/c11-9-4-1-7(5-10(9)12)6-13-8-2-3-8/h1,4-5,8,13H,2-3,6H2. The molecule has 1 nitrogen and oxygen atoms in total. The second-order valence-corrected chi connectivity index (χ2v) is 5.11. The molecule has 0 saturated heterocycles. The lowest BCUT2D eigenvalue weighted by Gasteiger charge is -2.04. The highest BCUT2D eigenvalue weighted by Gasteiger charge is 2.19. The molecule has 13 heavy (non-hydrogen) atoms. The van der Waals surface area contributed by atoms with Crippen molar-refractivity contribution < 1.29 is 0 Å². The minimum absolute atomic E-state index is 0.780. The summed E-state index contributed by atoms with van der Waals surface area (Å²) in [6.07, 6.45) is 2.69. The van der Waals surface area contributed by atoms with Crippen molar-refractivity contribution in [3.05, 3.63) is 32.7 Å². The highest BCUT2D eigenvalue weighted by atomic mass is 79.9. The minimum Gasteiger partial charge on any atom is -0.310 e. The summed E-state index contributed by atoms with van der Waals surface area (Å²) in [4.78, 5) is 0. The molecule has 0 atom stereocenters. The normalized spacial score (nSPS) is 16.2. The first-order chi connectivity index (χ1) is 6.25. The fourth-order valence-electron chi connectivity index (χ4n) is 1.20. The van der Waals surface area contributed by atoms with Crippen LogP contribution in [0.25, 0.3) is 0 Å². The topological polar surface area (TPSA) is 12.0 Å². The summed E-state index contributed by atoms with van der Waals surface area (Å²) in [6, 6.07) is 7.15. The molecule has 0 heterocycles. The predicted molar refractivity (Wildman–Crippen MR) is 61.7 cm³/mol.